The molecule has 1 aromatic carbocycles. The van der Waals surface area contributed by atoms with Crippen LogP contribution in [0.3, 0.4) is 0 Å². The minimum Gasteiger partial charge on any atom is -0.381 e. The summed E-state index contributed by atoms with van der Waals surface area (Å²) in [6.07, 6.45) is 3.73. The van der Waals surface area contributed by atoms with Crippen molar-refractivity contribution in [1.29, 1.82) is 0 Å². The number of nitrogens with zero attached hydrogens (tertiary/aromatic N) is 2. The number of likely N-dealkylation sites (tertiary alicyclic amines) is 2. The molecular formula is C21H31N3O2. The topological polar surface area (TPSA) is 52.7 Å². The van der Waals surface area contributed by atoms with E-state index in [-0.39, 0.29) is 17.7 Å². The van der Waals surface area contributed by atoms with Crippen LogP contribution in [0, 0.1) is 19.8 Å². The predicted octanol–water partition coefficient (Wildman–Crippen LogP) is 2.96. The van der Waals surface area contributed by atoms with Gasteiger partial charge in [0.1, 0.15) is 0 Å². The number of hydrogen-bond donors (Lipinski definition) is 1. The van der Waals surface area contributed by atoms with Gasteiger partial charge in [-0.1, -0.05) is 6.07 Å². The highest BCUT2D eigenvalue weighted by Crippen LogP contribution is 2.24. The van der Waals surface area contributed by atoms with E-state index < -0.39 is 0 Å². The fourth-order valence-corrected chi connectivity index (χ4v) is 4.06. The molecule has 0 spiro atoms. The lowest BCUT2D eigenvalue weighted by Crippen LogP contribution is -2.49. The minimum atomic E-state index is 0.0750. The average molecular weight is 357 g/mol. The molecule has 142 valence electrons. The molecule has 1 aromatic rings. The molecule has 2 aliphatic rings. The van der Waals surface area contributed by atoms with E-state index in [4.69, 9.17) is 0 Å². The van der Waals surface area contributed by atoms with Gasteiger partial charge in [0.15, 0.2) is 0 Å². The van der Waals surface area contributed by atoms with Crippen molar-refractivity contribution in [2.75, 3.05) is 31.5 Å². The van der Waals surface area contributed by atoms with Gasteiger partial charge in [0.25, 0.3) is 0 Å². The molecule has 0 aromatic heterocycles. The molecule has 26 heavy (non-hydrogen) atoms. The first-order chi connectivity index (χ1) is 12.4. The number of carbonyl (C=O) groups excluding carboxylic acids is 2. The maximum Gasteiger partial charge on any atom is 0.225 e. The van der Waals surface area contributed by atoms with Gasteiger partial charge in [-0.2, -0.15) is 0 Å². The number of benzene rings is 1. The van der Waals surface area contributed by atoms with Gasteiger partial charge in [0, 0.05) is 50.7 Å². The number of rotatable bonds is 3. The molecule has 1 unspecified atom stereocenters. The Kier molecular flexibility index (Phi) is 5.84. The summed E-state index contributed by atoms with van der Waals surface area (Å²) in [5, 5.41) is 3.61. The number of carbonyl (C=O) groups is 2. The fraction of sp³-hybridized carbons (Fsp3) is 0.619. The Bertz CT molecular complexity index is 665. The van der Waals surface area contributed by atoms with Gasteiger partial charge < -0.3 is 15.1 Å². The Morgan fingerprint density at radius 2 is 1.73 bits per heavy atom. The normalized spacial score (nSPS) is 21.6. The van der Waals surface area contributed by atoms with Crippen LogP contribution >= 0.6 is 0 Å². The number of anilines is 1. The van der Waals surface area contributed by atoms with Crippen LogP contribution < -0.4 is 5.32 Å². The molecule has 2 saturated heterocycles. The van der Waals surface area contributed by atoms with E-state index in [9.17, 15) is 9.59 Å². The lowest BCUT2D eigenvalue weighted by Gasteiger charge is -2.38. The SMILES string of the molecule is CC(=O)N1CCC(C(=O)N2CCCC(Nc3ccc(C)c(C)c3)C2)CC1. The molecule has 1 atom stereocenters. The first-order valence-electron chi connectivity index (χ1n) is 9.82. The zero-order chi connectivity index (χ0) is 18.7. The maximum atomic E-state index is 12.9. The lowest BCUT2D eigenvalue weighted by molar-refractivity contribution is -0.140. The number of aryl methyl sites for hydroxylation is 2. The van der Waals surface area contributed by atoms with E-state index in [1.54, 1.807) is 6.92 Å². The molecular weight excluding hydrogens is 326 g/mol. The molecule has 5 heteroatoms. The molecule has 0 radical (unpaired) electrons. The van der Waals surface area contributed by atoms with Crippen molar-refractivity contribution >= 4 is 17.5 Å². The summed E-state index contributed by atoms with van der Waals surface area (Å²) in [4.78, 5) is 28.3. The van der Waals surface area contributed by atoms with Gasteiger partial charge in [0.05, 0.1) is 0 Å². The van der Waals surface area contributed by atoms with Gasteiger partial charge >= 0.3 is 0 Å². The molecule has 2 heterocycles. The number of piperidine rings is 2. The minimum absolute atomic E-state index is 0.0750. The van der Waals surface area contributed by atoms with Crippen LogP contribution in [0.5, 0.6) is 0 Å². The Morgan fingerprint density at radius 3 is 2.38 bits per heavy atom. The Morgan fingerprint density at radius 1 is 1.00 bits per heavy atom. The molecule has 0 saturated carbocycles. The molecule has 5 nitrogen and oxygen atoms in total. The van der Waals surface area contributed by atoms with Crippen LogP contribution in [-0.2, 0) is 9.59 Å². The average Bonchev–Trinajstić information content (AvgIpc) is 2.64. The molecule has 3 rings (SSSR count). The Labute approximate surface area is 156 Å². The van der Waals surface area contributed by atoms with Crippen molar-refractivity contribution in [3.63, 3.8) is 0 Å². The first kappa shape index (κ1) is 18.7. The van der Waals surface area contributed by atoms with Crippen molar-refractivity contribution in [3.05, 3.63) is 29.3 Å². The van der Waals surface area contributed by atoms with E-state index in [1.807, 2.05) is 9.80 Å². The van der Waals surface area contributed by atoms with Crippen LogP contribution in [0.15, 0.2) is 18.2 Å². The van der Waals surface area contributed by atoms with Crippen molar-refractivity contribution in [2.24, 2.45) is 5.92 Å². The number of amides is 2. The second kappa shape index (κ2) is 8.11. The molecule has 1 N–H and O–H groups in total. The second-order valence-corrected chi connectivity index (χ2v) is 7.85. The largest absolute Gasteiger partial charge is 0.381 e. The van der Waals surface area contributed by atoms with Crippen molar-refractivity contribution in [1.82, 2.24) is 9.80 Å². The molecule has 2 amide bonds. The highest BCUT2D eigenvalue weighted by Gasteiger charge is 2.31. The monoisotopic (exact) mass is 357 g/mol. The van der Waals surface area contributed by atoms with Gasteiger partial charge in [-0.05, 0) is 62.8 Å². The van der Waals surface area contributed by atoms with Crippen LogP contribution in [0.25, 0.3) is 0 Å². The van der Waals surface area contributed by atoms with Crippen LogP contribution in [0.2, 0.25) is 0 Å². The zero-order valence-corrected chi connectivity index (χ0v) is 16.3. The van der Waals surface area contributed by atoms with Crippen molar-refractivity contribution in [2.45, 2.75) is 52.5 Å². The quantitative estimate of drug-likeness (QED) is 0.905. The third kappa shape index (κ3) is 4.37. The lowest BCUT2D eigenvalue weighted by atomic mass is 9.93. The van der Waals surface area contributed by atoms with E-state index >= 15 is 0 Å². The fourth-order valence-electron chi connectivity index (χ4n) is 4.06. The highest BCUT2D eigenvalue weighted by atomic mass is 16.2. The van der Waals surface area contributed by atoms with Gasteiger partial charge in [-0.15, -0.1) is 0 Å². The van der Waals surface area contributed by atoms with E-state index in [1.165, 1.54) is 11.1 Å². The first-order valence-corrected chi connectivity index (χ1v) is 9.82. The summed E-state index contributed by atoms with van der Waals surface area (Å²) in [5.74, 6) is 0.470. The van der Waals surface area contributed by atoms with Gasteiger partial charge in [-0.25, -0.2) is 0 Å². The van der Waals surface area contributed by atoms with Crippen LogP contribution in [-0.4, -0.2) is 53.8 Å². The third-order valence-electron chi connectivity index (χ3n) is 5.90. The predicted molar refractivity (Wildman–Crippen MR) is 104 cm³/mol. The standard InChI is InChI=1S/C21H31N3O2/c1-15-6-7-19(13-16(15)2)22-20-5-4-10-24(14-20)21(26)18-8-11-23(12-9-18)17(3)25/h6-7,13,18,20,22H,4-5,8-12,14H2,1-3H3. The van der Waals surface area contributed by atoms with Gasteiger partial charge in [0.2, 0.25) is 11.8 Å². The number of nitrogens with one attached hydrogen (secondary N) is 1. The summed E-state index contributed by atoms with van der Waals surface area (Å²) >= 11 is 0. The van der Waals surface area contributed by atoms with E-state index in [2.05, 4.69) is 37.4 Å². The molecule has 0 bridgehead atoms. The summed E-state index contributed by atoms with van der Waals surface area (Å²) in [6, 6.07) is 6.77. The number of hydrogen-bond acceptors (Lipinski definition) is 3. The Balaban J connectivity index is 1.55. The maximum absolute atomic E-state index is 12.9. The Hall–Kier alpha value is -2.04. The summed E-state index contributed by atoms with van der Waals surface area (Å²) < 4.78 is 0. The van der Waals surface area contributed by atoms with Crippen LogP contribution in [0.4, 0.5) is 5.69 Å². The van der Waals surface area contributed by atoms with E-state index in [0.29, 0.717) is 19.1 Å². The second-order valence-electron chi connectivity index (χ2n) is 7.85. The molecule has 2 aliphatic heterocycles. The van der Waals surface area contributed by atoms with Gasteiger partial charge in [-0.3, -0.25) is 9.59 Å². The summed E-state index contributed by atoms with van der Waals surface area (Å²) in [7, 11) is 0. The molecule has 0 aliphatic carbocycles. The molecule has 2 fully saturated rings. The summed E-state index contributed by atoms with van der Waals surface area (Å²) in [5.41, 5.74) is 3.73. The highest BCUT2D eigenvalue weighted by molar-refractivity contribution is 5.80. The smallest absolute Gasteiger partial charge is 0.225 e. The van der Waals surface area contributed by atoms with Crippen LogP contribution in [0.1, 0.15) is 43.7 Å². The van der Waals surface area contributed by atoms with E-state index in [0.717, 1.165) is 44.5 Å². The van der Waals surface area contributed by atoms with Crippen molar-refractivity contribution < 1.29 is 9.59 Å². The zero-order valence-electron chi connectivity index (χ0n) is 16.3. The summed E-state index contributed by atoms with van der Waals surface area (Å²) in [6.45, 7) is 8.92. The third-order valence-corrected chi connectivity index (χ3v) is 5.90. The van der Waals surface area contributed by atoms with Crippen molar-refractivity contribution in [3.8, 4) is 0 Å².